The summed E-state index contributed by atoms with van der Waals surface area (Å²) in [6, 6.07) is 11.6. The molecule has 84 valence electrons. The van der Waals surface area contributed by atoms with Crippen LogP contribution in [0.5, 0.6) is 0 Å². The molecule has 2 rings (SSSR count). The SMILES string of the molecule is Cc1ccc2cc(NS(C)(=O)=O)ccc2c1. The van der Waals surface area contributed by atoms with Crippen molar-refractivity contribution in [1.29, 1.82) is 0 Å². The summed E-state index contributed by atoms with van der Waals surface area (Å²) in [5.41, 5.74) is 1.79. The number of benzene rings is 2. The van der Waals surface area contributed by atoms with Gasteiger partial charge in [-0.1, -0.05) is 29.8 Å². The Morgan fingerprint density at radius 2 is 1.62 bits per heavy atom. The maximum Gasteiger partial charge on any atom is 0.229 e. The first-order valence-electron chi connectivity index (χ1n) is 4.92. The van der Waals surface area contributed by atoms with E-state index in [9.17, 15) is 8.42 Å². The number of hydrogen-bond acceptors (Lipinski definition) is 2. The van der Waals surface area contributed by atoms with E-state index in [1.165, 1.54) is 5.56 Å². The van der Waals surface area contributed by atoms with Crippen LogP contribution in [-0.2, 0) is 10.0 Å². The van der Waals surface area contributed by atoms with Crippen LogP contribution in [-0.4, -0.2) is 14.7 Å². The summed E-state index contributed by atoms with van der Waals surface area (Å²) < 4.78 is 24.6. The van der Waals surface area contributed by atoms with Crippen molar-refractivity contribution < 1.29 is 8.42 Å². The normalized spacial score (nSPS) is 11.6. The van der Waals surface area contributed by atoms with Gasteiger partial charge in [0.25, 0.3) is 0 Å². The van der Waals surface area contributed by atoms with Gasteiger partial charge in [-0.15, -0.1) is 0 Å². The number of sulfonamides is 1. The molecule has 4 heteroatoms. The lowest BCUT2D eigenvalue weighted by atomic mass is 10.1. The molecule has 0 aliphatic rings. The van der Waals surface area contributed by atoms with Gasteiger partial charge in [0.2, 0.25) is 10.0 Å². The fraction of sp³-hybridized carbons (Fsp3) is 0.167. The fourth-order valence-corrected chi connectivity index (χ4v) is 2.20. The number of anilines is 1. The molecular formula is C12H13NO2S. The average molecular weight is 235 g/mol. The van der Waals surface area contributed by atoms with E-state index in [0.717, 1.165) is 17.0 Å². The molecule has 0 saturated heterocycles. The van der Waals surface area contributed by atoms with Crippen molar-refractivity contribution in [2.45, 2.75) is 6.92 Å². The molecule has 0 spiro atoms. The van der Waals surface area contributed by atoms with Crippen molar-refractivity contribution in [3.63, 3.8) is 0 Å². The van der Waals surface area contributed by atoms with E-state index < -0.39 is 10.0 Å². The van der Waals surface area contributed by atoms with Crippen molar-refractivity contribution in [2.24, 2.45) is 0 Å². The van der Waals surface area contributed by atoms with Crippen LogP contribution in [0.4, 0.5) is 5.69 Å². The van der Waals surface area contributed by atoms with Crippen LogP contribution in [0.1, 0.15) is 5.56 Å². The smallest absolute Gasteiger partial charge is 0.229 e. The predicted octanol–water partition coefficient (Wildman–Crippen LogP) is 2.52. The Bertz CT molecular complexity index is 633. The van der Waals surface area contributed by atoms with E-state index in [1.807, 2.05) is 31.2 Å². The highest BCUT2D eigenvalue weighted by atomic mass is 32.2. The van der Waals surface area contributed by atoms with Gasteiger partial charge in [0, 0.05) is 5.69 Å². The maximum absolute atomic E-state index is 11.1. The topological polar surface area (TPSA) is 46.2 Å². The van der Waals surface area contributed by atoms with Crippen LogP contribution in [0.3, 0.4) is 0 Å². The molecule has 0 unspecified atom stereocenters. The molecule has 0 radical (unpaired) electrons. The molecule has 0 aliphatic heterocycles. The lowest BCUT2D eigenvalue weighted by molar-refractivity contribution is 0.607. The van der Waals surface area contributed by atoms with Gasteiger partial charge in [-0.2, -0.15) is 0 Å². The zero-order valence-corrected chi connectivity index (χ0v) is 10.0. The largest absolute Gasteiger partial charge is 0.284 e. The van der Waals surface area contributed by atoms with E-state index in [-0.39, 0.29) is 0 Å². The number of aryl methyl sites for hydroxylation is 1. The van der Waals surface area contributed by atoms with Crippen molar-refractivity contribution in [3.8, 4) is 0 Å². The number of fused-ring (bicyclic) bond motifs is 1. The molecule has 0 bridgehead atoms. The molecule has 0 heterocycles. The molecular weight excluding hydrogens is 222 g/mol. The summed E-state index contributed by atoms with van der Waals surface area (Å²) in [6.45, 7) is 2.03. The second-order valence-corrected chi connectivity index (χ2v) is 5.69. The molecule has 0 aliphatic carbocycles. The molecule has 0 saturated carbocycles. The minimum atomic E-state index is -3.20. The van der Waals surface area contributed by atoms with E-state index in [0.29, 0.717) is 5.69 Å². The Hall–Kier alpha value is -1.55. The second kappa shape index (κ2) is 3.79. The van der Waals surface area contributed by atoms with Gasteiger partial charge < -0.3 is 0 Å². The molecule has 0 aromatic heterocycles. The highest BCUT2D eigenvalue weighted by molar-refractivity contribution is 7.92. The van der Waals surface area contributed by atoms with Gasteiger partial charge in [-0.05, 0) is 29.8 Å². The Labute approximate surface area is 95.2 Å². The van der Waals surface area contributed by atoms with E-state index >= 15 is 0 Å². The summed E-state index contributed by atoms with van der Waals surface area (Å²) >= 11 is 0. The molecule has 16 heavy (non-hydrogen) atoms. The number of rotatable bonds is 2. The third-order valence-electron chi connectivity index (χ3n) is 2.30. The van der Waals surface area contributed by atoms with Gasteiger partial charge in [0.15, 0.2) is 0 Å². The molecule has 1 N–H and O–H groups in total. The predicted molar refractivity (Wildman–Crippen MR) is 67.2 cm³/mol. The summed E-state index contributed by atoms with van der Waals surface area (Å²) in [6.07, 6.45) is 1.15. The Morgan fingerprint density at radius 1 is 1.00 bits per heavy atom. The monoisotopic (exact) mass is 235 g/mol. The van der Waals surface area contributed by atoms with Crippen LogP contribution in [0.25, 0.3) is 10.8 Å². The summed E-state index contributed by atoms with van der Waals surface area (Å²) in [7, 11) is -3.20. The van der Waals surface area contributed by atoms with Crippen LogP contribution in [0.2, 0.25) is 0 Å². The average Bonchev–Trinajstić information content (AvgIpc) is 2.16. The summed E-state index contributed by atoms with van der Waals surface area (Å²) in [5.74, 6) is 0. The molecule has 3 nitrogen and oxygen atoms in total. The third-order valence-corrected chi connectivity index (χ3v) is 2.91. The van der Waals surface area contributed by atoms with Gasteiger partial charge in [0.05, 0.1) is 6.26 Å². The molecule has 2 aromatic carbocycles. The number of hydrogen-bond donors (Lipinski definition) is 1. The van der Waals surface area contributed by atoms with E-state index in [1.54, 1.807) is 6.07 Å². The lowest BCUT2D eigenvalue weighted by Gasteiger charge is -2.05. The van der Waals surface area contributed by atoms with Crippen molar-refractivity contribution in [2.75, 3.05) is 11.0 Å². The standard InChI is InChI=1S/C12H13NO2S/c1-9-3-4-11-8-12(13-16(2,14)15)6-5-10(11)7-9/h3-8,13H,1-2H3. The first-order valence-corrected chi connectivity index (χ1v) is 6.81. The maximum atomic E-state index is 11.1. The van der Waals surface area contributed by atoms with Crippen LogP contribution in [0.15, 0.2) is 36.4 Å². The second-order valence-electron chi connectivity index (χ2n) is 3.94. The molecule has 0 fully saturated rings. The van der Waals surface area contributed by atoms with Crippen LogP contribution >= 0.6 is 0 Å². The van der Waals surface area contributed by atoms with Crippen molar-refractivity contribution in [3.05, 3.63) is 42.0 Å². The Kier molecular flexibility index (Phi) is 2.59. The highest BCUT2D eigenvalue weighted by Crippen LogP contribution is 2.20. The third kappa shape index (κ3) is 2.52. The quantitative estimate of drug-likeness (QED) is 0.869. The van der Waals surface area contributed by atoms with Crippen molar-refractivity contribution in [1.82, 2.24) is 0 Å². The van der Waals surface area contributed by atoms with E-state index in [2.05, 4.69) is 10.8 Å². The first kappa shape index (κ1) is 11.0. The minimum Gasteiger partial charge on any atom is -0.284 e. The zero-order valence-electron chi connectivity index (χ0n) is 9.19. The van der Waals surface area contributed by atoms with E-state index in [4.69, 9.17) is 0 Å². The first-order chi connectivity index (χ1) is 7.44. The van der Waals surface area contributed by atoms with Gasteiger partial charge in [-0.25, -0.2) is 8.42 Å². The Morgan fingerprint density at radius 3 is 2.31 bits per heavy atom. The molecule has 0 amide bonds. The summed E-state index contributed by atoms with van der Waals surface area (Å²) in [4.78, 5) is 0. The number of nitrogens with one attached hydrogen (secondary N) is 1. The van der Waals surface area contributed by atoms with Gasteiger partial charge >= 0.3 is 0 Å². The van der Waals surface area contributed by atoms with Gasteiger partial charge in [-0.3, -0.25) is 4.72 Å². The molecule has 2 aromatic rings. The molecule has 0 atom stereocenters. The Balaban J connectivity index is 2.49. The van der Waals surface area contributed by atoms with Gasteiger partial charge in [0.1, 0.15) is 0 Å². The zero-order chi connectivity index (χ0) is 11.8. The van der Waals surface area contributed by atoms with Crippen LogP contribution < -0.4 is 4.72 Å². The summed E-state index contributed by atoms with van der Waals surface area (Å²) in [5, 5.41) is 2.14. The highest BCUT2D eigenvalue weighted by Gasteiger charge is 2.02. The minimum absolute atomic E-state index is 0.596. The lowest BCUT2D eigenvalue weighted by Crippen LogP contribution is -2.09. The fourth-order valence-electron chi connectivity index (χ4n) is 1.64. The van der Waals surface area contributed by atoms with Crippen molar-refractivity contribution >= 4 is 26.5 Å². The van der Waals surface area contributed by atoms with Crippen LogP contribution in [0, 0.1) is 6.92 Å².